The van der Waals surface area contributed by atoms with Gasteiger partial charge in [0.15, 0.2) is 0 Å². The van der Waals surface area contributed by atoms with Gasteiger partial charge in [0, 0.05) is 11.8 Å². The van der Waals surface area contributed by atoms with E-state index < -0.39 is 0 Å². The van der Waals surface area contributed by atoms with Crippen molar-refractivity contribution in [1.82, 2.24) is 0 Å². The molecular formula is C13H19NO3S. The lowest BCUT2D eigenvalue weighted by atomic mass is 10.1. The van der Waals surface area contributed by atoms with E-state index in [1.54, 1.807) is 14.0 Å². The summed E-state index contributed by atoms with van der Waals surface area (Å²) in [4.78, 5) is 11.2. The van der Waals surface area contributed by atoms with Gasteiger partial charge in [-0.2, -0.15) is 0 Å². The Bertz CT molecular complexity index is 384. The van der Waals surface area contributed by atoms with E-state index in [0.717, 1.165) is 11.3 Å². The van der Waals surface area contributed by atoms with Crippen LogP contribution >= 0.6 is 11.8 Å². The molecule has 0 spiro atoms. The van der Waals surface area contributed by atoms with Crippen LogP contribution in [0, 0.1) is 0 Å². The van der Waals surface area contributed by atoms with E-state index in [1.165, 1.54) is 11.8 Å². The Labute approximate surface area is 112 Å². The molecule has 1 atom stereocenters. The Kier molecular flexibility index (Phi) is 6.60. The average molecular weight is 269 g/mol. The highest BCUT2D eigenvalue weighted by molar-refractivity contribution is 7.99. The molecule has 2 N–H and O–H groups in total. The van der Waals surface area contributed by atoms with E-state index >= 15 is 0 Å². The number of hydrogen-bond acceptors (Lipinski definition) is 5. The quantitative estimate of drug-likeness (QED) is 0.767. The zero-order valence-electron chi connectivity index (χ0n) is 10.7. The van der Waals surface area contributed by atoms with Crippen LogP contribution in [-0.2, 0) is 9.53 Å². The molecule has 0 saturated heterocycles. The van der Waals surface area contributed by atoms with Crippen molar-refractivity contribution >= 4 is 17.7 Å². The van der Waals surface area contributed by atoms with Crippen molar-refractivity contribution in [3.63, 3.8) is 0 Å². The van der Waals surface area contributed by atoms with Gasteiger partial charge in [-0.1, -0.05) is 12.1 Å². The standard InChI is InChI=1S/C13H19NO3S/c1-3-17-13(15)9-18-8-12(14)10-5-4-6-11(7-10)16-2/h4-7,12H,3,8-9,14H2,1-2H3. The van der Waals surface area contributed by atoms with Crippen molar-refractivity contribution in [3.8, 4) is 5.75 Å². The number of carbonyl (C=O) groups is 1. The molecule has 1 unspecified atom stereocenters. The third-order valence-electron chi connectivity index (χ3n) is 2.34. The Balaban J connectivity index is 2.40. The smallest absolute Gasteiger partial charge is 0.315 e. The van der Waals surface area contributed by atoms with E-state index in [2.05, 4.69) is 0 Å². The van der Waals surface area contributed by atoms with Crippen molar-refractivity contribution < 1.29 is 14.3 Å². The second-order valence-corrected chi connectivity index (χ2v) is 4.73. The second-order valence-electron chi connectivity index (χ2n) is 3.70. The van der Waals surface area contributed by atoms with E-state index in [1.807, 2.05) is 24.3 Å². The fraction of sp³-hybridized carbons (Fsp3) is 0.462. The van der Waals surface area contributed by atoms with Crippen LogP contribution in [0.15, 0.2) is 24.3 Å². The third kappa shape index (κ3) is 4.98. The highest BCUT2D eigenvalue weighted by Gasteiger charge is 2.09. The molecule has 4 nitrogen and oxygen atoms in total. The van der Waals surface area contributed by atoms with E-state index in [9.17, 15) is 4.79 Å². The van der Waals surface area contributed by atoms with E-state index in [4.69, 9.17) is 15.2 Å². The largest absolute Gasteiger partial charge is 0.497 e. The molecule has 18 heavy (non-hydrogen) atoms. The Hall–Kier alpha value is -1.20. The molecular weight excluding hydrogens is 250 g/mol. The Morgan fingerprint density at radius 3 is 2.94 bits per heavy atom. The van der Waals surface area contributed by atoms with Crippen LogP contribution in [0.1, 0.15) is 18.5 Å². The number of carbonyl (C=O) groups excluding carboxylic acids is 1. The van der Waals surface area contributed by atoms with Gasteiger partial charge in [0.25, 0.3) is 0 Å². The van der Waals surface area contributed by atoms with Crippen LogP contribution in [0.25, 0.3) is 0 Å². The number of benzene rings is 1. The van der Waals surface area contributed by atoms with Crippen LogP contribution in [0.5, 0.6) is 5.75 Å². The highest BCUT2D eigenvalue weighted by Crippen LogP contribution is 2.20. The summed E-state index contributed by atoms with van der Waals surface area (Å²) in [5.41, 5.74) is 7.06. The number of rotatable bonds is 7. The minimum absolute atomic E-state index is 0.112. The first-order chi connectivity index (χ1) is 8.67. The Morgan fingerprint density at radius 2 is 2.28 bits per heavy atom. The molecule has 100 valence electrons. The average Bonchev–Trinajstić information content (AvgIpc) is 2.39. The lowest BCUT2D eigenvalue weighted by Crippen LogP contribution is -2.15. The fourth-order valence-electron chi connectivity index (χ4n) is 1.44. The van der Waals surface area contributed by atoms with Gasteiger partial charge in [-0.25, -0.2) is 0 Å². The molecule has 0 aliphatic rings. The molecule has 0 heterocycles. The van der Waals surface area contributed by atoms with Gasteiger partial charge in [-0.15, -0.1) is 11.8 Å². The van der Waals surface area contributed by atoms with Crippen molar-refractivity contribution in [2.24, 2.45) is 5.73 Å². The van der Waals surface area contributed by atoms with Crippen LogP contribution in [0.4, 0.5) is 0 Å². The van der Waals surface area contributed by atoms with Gasteiger partial charge in [0.2, 0.25) is 0 Å². The molecule has 5 heteroatoms. The minimum atomic E-state index is -0.194. The zero-order chi connectivity index (χ0) is 13.4. The van der Waals surface area contributed by atoms with Gasteiger partial charge in [-0.05, 0) is 24.6 Å². The molecule has 0 saturated carbocycles. The van der Waals surface area contributed by atoms with Crippen molar-refractivity contribution in [3.05, 3.63) is 29.8 Å². The first-order valence-electron chi connectivity index (χ1n) is 5.80. The lowest BCUT2D eigenvalue weighted by molar-refractivity contribution is -0.139. The first kappa shape index (κ1) is 14.9. The van der Waals surface area contributed by atoms with Crippen LogP contribution in [-0.4, -0.2) is 31.2 Å². The Morgan fingerprint density at radius 1 is 1.50 bits per heavy atom. The maximum Gasteiger partial charge on any atom is 0.315 e. The van der Waals surface area contributed by atoms with Crippen LogP contribution in [0.3, 0.4) is 0 Å². The summed E-state index contributed by atoms with van der Waals surface area (Å²) in [5.74, 6) is 1.61. The summed E-state index contributed by atoms with van der Waals surface area (Å²) in [6, 6.07) is 7.54. The van der Waals surface area contributed by atoms with Crippen molar-refractivity contribution in [1.29, 1.82) is 0 Å². The van der Waals surface area contributed by atoms with Crippen molar-refractivity contribution in [2.45, 2.75) is 13.0 Å². The normalized spacial score (nSPS) is 11.9. The van der Waals surface area contributed by atoms with Gasteiger partial charge in [0.05, 0.1) is 19.5 Å². The number of nitrogens with two attached hydrogens (primary N) is 1. The number of ether oxygens (including phenoxy) is 2. The van der Waals surface area contributed by atoms with Crippen molar-refractivity contribution in [2.75, 3.05) is 25.2 Å². The summed E-state index contributed by atoms with van der Waals surface area (Å²) in [7, 11) is 1.63. The molecule has 0 aromatic heterocycles. The SMILES string of the molecule is CCOC(=O)CSCC(N)c1cccc(OC)c1. The second kappa shape index (κ2) is 8.00. The zero-order valence-corrected chi connectivity index (χ0v) is 11.5. The summed E-state index contributed by atoms with van der Waals surface area (Å²) in [6.45, 7) is 2.21. The predicted molar refractivity (Wildman–Crippen MR) is 73.9 cm³/mol. The molecule has 0 fully saturated rings. The van der Waals surface area contributed by atoms with Crippen LogP contribution in [0.2, 0.25) is 0 Å². The van der Waals surface area contributed by atoms with Gasteiger partial charge in [-0.3, -0.25) is 4.79 Å². The molecule has 1 rings (SSSR count). The third-order valence-corrected chi connectivity index (χ3v) is 3.38. The topological polar surface area (TPSA) is 61.5 Å². The van der Waals surface area contributed by atoms with Gasteiger partial charge >= 0.3 is 5.97 Å². The predicted octanol–water partition coefficient (Wildman–Crippen LogP) is 1.99. The lowest BCUT2D eigenvalue weighted by Gasteiger charge is -2.12. The molecule has 1 aromatic carbocycles. The van der Waals surface area contributed by atoms with Crippen LogP contribution < -0.4 is 10.5 Å². The summed E-state index contributed by atoms with van der Waals surface area (Å²) >= 11 is 1.48. The van der Waals surface area contributed by atoms with E-state index in [0.29, 0.717) is 18.1 Å². The highest BCUT2D eigenvalue weighted by atomic mass is 32.2. The molecule has 0 radical (unpaired) electrons. The van der Waals surface area contributed by atoms with E-state index in [-0.39, 0.29) is 12.0 Å². The number of esters is 1. The summed E-state index contributed by atoms with van der Waals surface area (Å²) < 4.78 is 9.99. The monoisotopic (exact) mass is 269 g/mol. The molecule has 1 aromatic rings. The molecule has 0 bridgehead atoms. The molecule has 0 aliphatic carbocycles. The first-order valence-corrected chi connectivity index (χ1v) is 6.95. The molecule has 0 aliphatic heterocycles. The summed E-state index contributed by atoms with van der Waals surface area (Å²) in [6.07, 6.45) is 0. The maximum atomic E-state index is 11.2. The number of methoxy groups -OCH3 is 1. The van der Waals surface area contributed by atoms with Gasteiger partial charge in [0.1, 0.15) is 5.75 Å². The van der Waals surface area contributed by atoms with Gasteiger partial charge < -0.3 is 15.2 Å². The number of thioether (sulfide) groups is 1. The number of hydrogen-bond donors (Lipinski definition) is 1. The maximum absolute atomic E-state index is 11.2. The molecule has 0 amide bonds. The summed E-state index contributed by atoms with van der Waals surface area (Å²) in [5, 5.41) is 0. The fourth-order valence-corrected chi connectivity index (χ4v) is 2.25. The minimum Gasteiger partial charge on any atom is -0.497 e.